The Morgan fingerprint density at radius 1 is 1.38 bits per heavy atom. The molecule has 5 nitrogen and oxygen atoms in total. The van der Waals surface area contributed by atoms with E-state index in [1.165, 1.54) is 6.07 Å². The van der Waals surface area contributed by atoms with Crippen molar-refractivity contribution in [3.05, 3.63) is 29.8 Å². The number of guanidine groups is 1. The van der Waals surface area contributed by atoms with Gasteiger partial charge in [-0.05, 0) is 19.4 Å². The molecule has 8 heteroatoms. The van der Waals surface area contributed by atoms with Crippen LogP contribution in [0.3, 0.4) is 0 Å². The fraction of sp³-hybridized carbons (Fsp3) is 0.611. The third kappa shape index (κ3) is 6.74. The zero-order valence-electron chi connectivity index (χ0n) is 15.2. The molecule has 1 aromatic rings. The van der Waals surface area contributed by atoms with Gasteiger partial charge < -0.3 is 19.7 Å². The average molecular weight is 373 g/mol. The van der Waals surface area contributed by atoms with E-state index in [0.29, 0.717) is 24.0 Å². The lowest BCUT2D eigenvalue weighted by Gasteiger charge is -2.24. The van der Waals surface area contributed by atoms with Crippen molar-refractivity contribution in [1.82, 2.24) is 10.2 Å². The molecule has 0 amide bonds. The fourth-order valence-electron chi connectivity index (χ4n) is 2.77. The Bertz CT molecular complexity index is 587. The molecule has 0 radical (unpaired) electrons. The molecule has 1 aliphatic heterocycles. The van der Waals surface area contributed by atoms with Gasteiger partial charge in [0.2, 0.25) is 0 Å². The monoisotopic (exact) mass is 373 g/mol. The van der Waals surface area contributed by atoms with E-state index in [2.05, 4.69) is 10.3 Å². The first-order valence-corrected chi connectivity index (χ1v) is 8.73. The number of halogens is 3. The molecule has 1 aliphatic rings. The molecule has 0 spiro atoms. The molecule has 0 aromatic heterocycles. The molecular formula is C18H26F3N3O2. The molecule has 0 aliphatic carbocycles. The summed E-state index contributed by atoms with van der Waals surface area (Å²) in [6.07, 6.45) is -3.34. The maximum Gasteiger partial charge on any atom is 0.422 e. The van der Waals surface area contributed by atoms with Crippen LogP contribution in [-0.4, -0.2) is 57.0 Å². The van der Waals surface area contributed by atoms with Gasteiger partial charge in [0.25, 0.3) is 0 Å². The van der Waals surface area contributed by atoms with Crippen LogP contribution >= 0.6 is 0 Å². The molecule has 1 aromatic carbocycles. The molecule has 1 unspecified atom stereocenters. The van der Waals surface area contributed by atoms with Gasteiger partial charge in [0.1, 0.15) is 5.75 Å². The zero-order valence-corrected chi connectivity index (χ0v) is 15.2. The van der Waals surface area contributed by atoms with Crippen LogP contribution in [0.15, 0.2) is 29.3 Å². The van der Waals surface area contributed by atoms with Crippen molar-refractivity contribution in [1.29, 1.82) is 0 Å². The minimum Gasteiger partial charge on any atom is -0.484 e. The van der Waals surface area contributed by atoms with Gasteiger partial charge in [-0.25, -0.2) is 4.99 Å². The number of aliphatic imine (C=N–C) groups is 1. The van der Waals surface area contributed by atoms with Crippen LogP contribution in [0.25, 0.3) is 0 Å². The van der Waals surface area contributed by atoms with Gasteiger partial charge in [-0.3, -0.25) is 0 Å². The van der Waals surface area contributed by atoms with Gasteiger partial charge in [-0.15, -0.1) is 0 Å². The number of benzene rings is 1. The Morgan fingerprint density at radius 3 is 2.81 bits per heavy atom. The lowest BCUT2D eigenvalue weighted by Crippen LogP contribution is -2.41. The van der Waals surface area contributed by atoms with Gasteiger partial charge in [-0.1, -0.05) is 18.2 Å². The third-order valence-corrected chi connectivity index (χ3v) is 4.02. The van der Waals surface area contributed by atoms with Crippen molar-refractivity contribution in [3.63, 3.8) is 0 Å². The summed E-state index contributed by atoms with van der Waals surface area (Å²) in [5.41, 5.74) is 0.616. The molecule has 1 fully saturated rings. The molecule has 146 valence electrons. The molecule has 1 atom stereocenters. The van der Waals surface area contributed by atoms with Crippen molar-refractivity contribution in [2.75, 3.05) is 40.0 Å². The topological polar surface area (TPSA) is 46.1 Å². The standard InChI is InChI=1S/C18H26F3N3O2/c1-3-22-17(24(2)11-14-8-9-25-12-14)23-10-15-6-4-5-7-16(15)26-13-18(19,20)21/h4-7,14H,3,8-13H2,1-2H3,(H,22,23). The molecule has 26 heavy (non-hydrogen) atoms. The molecule has 2 rings (SSSR count). The van der Waals surface area contributed by atoms with Crippen LogP contribution in [-0.2, 0) is 11.3 Å². The SMILES string of the molecule is CCNC(=NCc1ccccc1OCC(F)(F)F)N(C)CC1CCOC1. The molecule has 0 bridgehead atoms. The average Bonchev–Trinajstić information content (AvgIpc) is 3.09. The van der Waals surface area contributed by atoms with Crippen molar-refractivity contribution >= 4 is 5.96 Å². The second-order valence-electron chi connectivity index (χ2n) is 6.29. The highest BCUT2D eigenvalue weighted by molar-refractivity contribution is 5.79. The summed E-state index contributed by atoms with van der Waals surface area (Å²) in [4.78, 5) is 6.59. The van der Waals surface area contributed by atoms with Crippen LogP contribution in [0.5, 0.6) is 5.75 Å². The van der Waals surface area contributed by atoms with Crippen LogP contribution in [0.1, 0.15) is 18.9 Å². The summed E-state index contributed by atoms with van der Waals surface area (Å²) < 4.78 is 47.5. The van der Waals surface area contributed by atoms with Crippen molar-refractivity contribution in [3.8, 4) is 5.75 Å². The van der Waals surface area contributed by atoms with Gasteiger partial charge in [0.05, 0.1) is 13.2 Å². The normalized spacial score (nSPS) is 18.0. The summed E-state index contributed by atoms with van der Waals surface area (Å²) in [5, 5.41) is 3.22. The van der Waals surface area contributed by atoms with E-state index in [9.17, 15) is 13.2 Å². The fourth-order valence-corrected chi connectivity index (χ4v) is 2.77. The van der Waals surface area contributed by atoms with Crippen LogP contribution in [0.4, 0.5) is 13.2 Å². The van der Waals surface area contributed by atoms with Gasteiger partial charge in [0, 0.05) is 38.2 Å². The Hall–Kier alpha value is -1.96. The predicted molar refractivity (Wildman–Crippen MR) is 94.4 cm³/mol. The summed E-state index contributed by atoms with van der Waals surface area (Å²) in [5.74, 6) is 1.38. The smallest absolute Gasteiger partial charge is 0.422 e. The first-order chi connectivity index (χ1) is 12.4. The van der Waals surface area contributed by atoms with E-state index < -0.39 is 12.8 Å². The number of nitrogens with zero attached hydrogens (tertiary/aromatic N) is 2. The number of para-hydroxylation sites is 1. The second kappa shape index (κ2) is 9.66. The minimum atomic E-state index is -4.37. The van der Waals surface area contributed by atoms with E-state index >= 15 is 0 Å². The lowest BCUT2D eigenvalue weighted by atomic mass is 10.1. The molecule has 1 saturated heterocycles. The maximum absolute atomic E-state index is 12.4. The Labute approximate surface area is 152 Å². The van der Waals surface area contributed by atoms with Gasteiger partial charge >= 0.3 is 6.18 Å². The summed E-state index contributed by atoms with van der Waals surface area (Å²) in [6.45, 7) is 3.96. The molecule has 1 N–H and O–H groups in total. The molecule has 0 saturated carbocycles. The Balaban J connectivity index is 2.03. The van der Waals surface area contributed by atoms with E-state index in [-0.39, 0.29) is 12.3 Å². The first-order valence-electron chi connectivity index (χ1n) is 8.73. The number of rotatable bonds is 7. The largest absolute Gasteiger partial charge is 0.484 e. The zero-order chi connectivity index (χ0) is 19.0. The number of hydrogen-bond donors (Lipinski definition) is 1. The van der Waals surface area contributed by atoms with E-state index in [0.717, 1.165) is 26.2 Å². The van der Waals surface area contributed by atoms with Crippen molar-refractivity contribution < 1.29 is 22.6 Å². The summed E-state index contributed by atoms with van der Waals surface area (Å²) >= 11 is 0. The highest BCUT2D eigenvalue weighted by Gasteiger charge is 2.28. The van der Waals surface area contributed by atoms with E-state index in [1.54, 1.807) is 18.2 Å². The van der Waals surface area contributed by atoms with Gasteiger partial charge in [-0.2, -0.15) is 13.2 Å². The molecular weight excluding hydrogens is 347 g/mol. The highest BCUT2D eigenvalue weighted by Crippen LogP contribution is 2.23. The van der Waals surface area contributed by atoms with E-state index in [1.807, 2.05) is 18.9 Å². The Kier molecular flexibility index (Phi) is 7.56. The minimum absolute atomic E-state index is 0.205. The first kappa shape index (κ1) is 20.4. The van der Waals surface area contributed by atoms with Gasteiger partial charge in [0.15, 0.2) is 12.6 Å². The van der Waals surface area contributed by atoms with Crippen LogP contribution in [0.2, 0.25) is 0 Å². The number of alkyl halides is 3. The Morgan fingerprint density at radius 2 is 2.15 bits per heavy atom. The second-order valence-corrected chi connectivity index (χ2v) is 6.29. The summed E-state index contributed by atoms with van der Waals surface area (Å²) in [7, 11) is 1.95. The molecule has 1 heterocycles. The third-order valence-electron chi connectivity index (χ3n) is 4.02. The number of ether oxygens (including phenoxy) is 2. The lowest BCUT2D eigenvalue weighted by molar-refractivity contribution is -0.153. The van der Waals surface area contributed by atoms with E-state index in [4.69, 9.17) is 9.47 Å². The van der Waals surface area contributed by atoms with Crippen molar-refractivity contribution in [2.24, 2.45) is 10.9 Å². The maximum atomic E-state index is 12.4. The predicted octanol–water partition coefficient (Wildman–Crippen LogP) is 3.06. The van der Waals surface area contributed by atoms with Crippen molar-refractivity contribution in [2.45, 2.75) is 26.1 Å². The quantitative estimate of drug-likeness (QED) is 0.589. The van der Waals surface area contributed by atoms with Crippen LogP contribution < -0.4 is 10.1 Å². The highest BCUT2D eigenvalue weighted by atomic mass is 19.4. The van der Waals surface area contributed by atoms with Crippen LogP contribution in [0, 0.1) is 5.92 Å². The number of nitrogens with one attached hydrogen (secondary N) is 1. The summed E-state index contributed by atoms with van der Waals surface area (Å²) in [6, 6.07) is 6.67. The number of hydrogen-bond acceptors (Lipinski definition) is 3.